The number of ether oxygens (including phenoxy) is 1. The molecule has 3 aromatic rings. The molecule has 0 radical (unpaired) electrons. The second-order valence-corrected chi connectivity index (χ2v) is 7.38. The van der Waals surface area contributed by atoms with Crippen molar-refractivity contribution in [3.8, 4) is 5.75 Å². The van der Waals surface area contributed by atoms with Gasteiger partial charge >= 0.3 is 0 Å². The van der Waals surface area contributed by atoms with Crippen LogP contribution in [0.25, 0.3) is 0 Å². The van der Waals surface area contributed by atoms with Gasteiger partial charge in [0, 0.05) is 11.2 Å². The van der Waals surface area contributed by atoms with Crippen LogP contribution < -0.4 is 10.5 Å². The molecule has 2 atom stereocenters. The Morgan fingerprint density at radius 2 is 1.97 bits per heavy atom. The molecule has 0 aliphatic carbocycles. The van der Waals surface area contributed by atoms with Crippen molar-refractivity contribution in [2.75, 3.05) is 0 Å². The van der Waals surface area contributed by atoms with Gasteiger partial charge in [-0.15, -0.1) is 0 Å². The third kappa shape index (κ3) is 5.59. The van der Waals surface area contributed by atoms with Crippen LogP contribution in [0.2, 0.25) is 5.02 Å². The highest BCUT2D eigenvalue weighted by atomic mass is 35.5. The summed E-state index contributed by atoms with van der Waals surface area (Å²) in [5.41, 5.74) is 7.53. The van der Waals surface area contributed by atoms with Crippen LogP contribution in [0.3, 0.4) is 0 Å². The number of aromatic nitrogens is 2. The second kappa shape index (κ2) is 9.58. The number of carbonyl (C=O) groups is 1. The minimum atomic E-state index is -0.618. The highest BCUT2D eigenvalue weighted by molar-refractivity contribution is 6.30. The number of imidazole rings is 1. The molecule has 2 unspecified atom stereocenters. The molecule has 152 valence electrons. The smallest absolute Gasteiger partial charge is 0.268 e. The first-order valence-corrected chi connectivity index (χ1v) is 9.78. The molecular formula is C22H24ClN3O3. The van der Waals surface area contributed by atoms with Gasteiger partial charge in [0.15, 0.2) is 0 Å². The third-order valence-corrected chi connectivity index (χ3v) is 5.04. The molecule has 3 rings (SSSR count). The molecule has 1 aromatic heterocycles. The molecule has 0 aliphatic rings. The molecule has 0 saturated heterocycles. The maximum absolute atomic E-state index is 11.3. The first kappa shape index (κ1) is 20.9. The van der Waals surface area contributed by atoms with Crippen LogP contribution in [0.4, 0.5) is 0 Å². The van der Waals surface area contributed by atoms with Crippen molar-refractivity contribution in [2.24, 2.45) is 5.73 Å². The largest absolute Gasteiger partial charge is 0.489 e. The number of hydrogen-bond donors (Lipinski definition) is 2. The van der Waals surface area contributed by atoms with E-state index in [1.54, 1.807) is 17.7 Å². The Balaban J connectivity index is 1.68. The Labute approximate surface area is 174 Å². The summed E-state index contributed by atoms with van der Waals surface area (Å²) in [6, 6.07) is 15.2. The molecular weight excluding hydrogens is 390 g/mol. The van der Waals surface area contributed by atoms with Gasteiger partial charge in [-0.25, -0.2) is 4.98 Å². The lowest BCUT2D eigenvalue weighted by Crippen LogP contribution is -2.21. The number of carbonyl (C=O) groups excluding carboxylic acids is 1. The van der Waals surface area contributed by atoms with E-state index in [4.69, 9.17) is 22.1 Å². The summed E-state index contributed by atoms with van der Waals surface area (Å²) in [6.07, 6.45) is 3.82. The summed E-state index contributed by atoms with van der Waals surface area (Å²) in [5, 5.41) is 10.9. The minimum absolute atomic E-state index is 0.183. The van der Waals surface area contributed by atoms with Crippen molar-refractivity contribution in [3.63, 3.8) is 0 Å². The molecule has 6 nitrogen and oxygen atoms in total. The Bertz CT molecular complexity index is 954. The van der Waals surface area contributed by atoms with Crippen molar-refractivity contribution >= 4 is 17.5 Å². The fourth-order valence-corrected chi connectivity index (χ4v) is 3.31. The van der Waals surface area contributed by atoms with Gasteiger partial charge in [0.25, 0.3) is 5.91 Å². The summed E-state index contributed by atoms with van der Waals surface area (Å²) >= 11 is 5.93. The van der Waals surface area contributed by atoms with Crippen LogP contribution in [0.1, 0.15) is 41.0 Å². The van der Waals surface area contributed by atoms with Gasteiger partial charge in [0.2, 0.25) is 0 Å². The average Bonchev–Trinajstić information content (AvgIpc) is 3.18. The van der Waals surface area contributed by atoms with Crippen molar-refractivity contribution < 1.29 is 14.6 Å². The van der Waals surface area contributed by atoms with E-state index < -0.39 is 12.0 Å². The fourth-order valence-electron chi connectivity index (χ4n) is 3.18. The molecule has 0 saturated carbocycles. The second-order valence-electron chi connectivity index (χ2n) is 6.94. The number of halogens is 1. The standard InChI is InChI=1S/C22H24ClN3O3/c1-15(27)20(26-12-19(22(24)28)25-14-26)11-8-17-4-2-3-5-21(17)29-13-16-6-9-18(23)10-7-16/h2-7,9-10,12,14-15,20,27H,8,11,13H2,1H3,(H2,24,28). The molecule has 29 heavy (non-hydrogen) atoms. The van der Waals surface area contributed by atoms with E-state index >= 15 is 0 Å². The van der Waals surface area contributed by atoms with Gasteiger partial charge in [-0.3, -0.25) is 4.79 Å². The maximum Gasteiger partial charge on any atom is 0.268 e. The topological polar surface area (TPSA) is 90.4 Å². The Morgan fingerprint density at radius 1 is 1.24 bits per heavy atom. The zero-order chi connectivity index (χ0) is 20.8. The number of aliphatic hydroxyl groups is 1. The molecule has 1 amide bonds. The number of hydrogen-bond acceptors (Lipinski definition) is 4. The third-order valence-electron chi connectivity index (χ3n) is 4.78. The zero-order valence-electron chi connectivity index (χ0n) is 16.2. The lowest BCUT2D eigenvalue weighted by molar-refractivity contribution is 0.0994. The number of primary amides is 1. The first-order chi connectivity index (χ1) is 13.9. The van der Waals surface area contributed by atoms with Crippen LogP contribution in [-0.2, 0) is 13.0 Å². The van der Waals surface area contributed by atoms with Gasteiger partial charge in [-0.1, -0.05) is 41.9 Å². The minimum Gasteiger partial charge on any atom is -0.489 e. The predicted molar refractivity (Wildman–Crippen MR) is 112 cm³/mol. The number of amides is 1. The van der Waals surface area contributed by atoms with E-state index in [2.05, 4.69) is 4.98 Å². The number of nitrogens with zero attached hydrogens (tertiary/aromatic N) is 2. The molecule has 2 aromatic carbocycles. The number of nitrogens with two attached hydrogens (primary N) is 1. The Hall–Kier alpha value is -2.83. The van der Waals surface area contributed by atoms with Gasteiger partial charge in [0.1, 0.15) is 18.1 Å². The predicted octanol–water partition coefficient (Wildman–Crippen LogP) is 3.77. The van der Waals surface area contributed by atoms with Crippen LogP contribution in [0.15, 0.2) is 61.1 Å². The van der Waals surface area contributed by atoms with Crippen LogP contribution >= 0.6 is 11.6 Å². The van der Waals surface area contributed by atoms with Gasteiger partial charge in [0.05, 0.1) is 18.5 Å². The zero-order valence-corrected chi connectivity index (χ0v) is 16.9. The number of rotatable bonds is 9. The highest BCUT2D eigenvalue weighted by Crippen LogP contribution is 2.25. The molecule has 0 aliphatic heterocycles. The van der Waals surface area contributed by atoms with Crippen molar-refractivity contribution in [1.82, 2.24) is 9.55 Å². The van der Waals surface area contributed by atoms with Crippen LogP contribution in [0.5, 0.6) is 5.75 Å². The molecule has 3 N–H and O–H groups in total. The van der Waals surface area contributed by atoms with E-state index in [0.29, 0.717) is 24.5 Å². The fraction of sp³-hybridized carbons (Fsp3) is 0.273. The molecule has 7 heteroatoms. The van der Waals surface area contributed by atoms with Crippen molar-refractivity contribution in [3.05, 3.63) is 82.9 Å². The quantitative estimate of drug-likeness (QED) is 0.558. The SMILES string of the molecule is CC(O)C(CCc1ccccc1OCc1ccc(Cl)cc1)n1cnc(C(N)=O)c1. The summed E-state index contributed by atoms with van der Waals surface area (Å²) in [6.45, 7) is 2.16. The van der Waals surface area contributed by atoms with E-state index in [1.807, 2.05) is 48.5 Å². The number of benzene rings is 2. The van der Waals surface area contributed by atoms with E-state index in [9.17, 15) is 9.90 Å². The highest BCUT2D eigenvalue weighted by Gasteiger charge is 2.19. The molecule has 0 fully saturated rings. The maximum atomic E-state index is 11.3. The lowest BCUT2D eigenvalue weighted by atomic mass is 10.0. The number of aliphatic hydroxyl groups excluding tert-OH is 1. The Morgan fingerprint density at radius 3 is 2.62 bits per heavy atom. The molecule has 0 spiro atoms. The molecule has 1 heterocycles. The number of aryl methyl sites for hydroxylation is 1. The normalized spacial score (nSPS) is 13.1. The van der Waals surface area contributed by atoms with E-state index in [1.165, 1.54) is 6.33 Å². The Kier molecular flexibility index (Phi) is 6.90. The summed E-state index contributed by atoms with van der Waals surface area (Å²) in [5.74, 6) is 0.212. The van der Waals surface area contributed by atoms with Gasteiger partial charge in [-0.2, -0.15) is 0 Å². The van der Waals surface area contributed by atoms with Gasteiger partial charge in [-0.05, 0) is 49.1 Å². The van der Waals surface area contributed by atoms with Gasteiger partial charge < -0.3 is 20.1 Å². The summed E-state index contributed by atoms with van der Waals surface area (Å²) in [4.78, 5) is 15.3. The van der Waals surface area contributed by atoms with Crippen LogP contribution in [0, 0.1) is 0 Å². The van der Waals surface area contributed by atoms with Crippen molar-refractivity contribution in [2.45, 2.75) is 38.5 Å². The average molecular weight is 414 g/mol. The summed E-state index contributed by atoms with van der Waals surface area (Å²) < 4.78 is 7.75. The van der Waals surface area contributed by atoms with E-state index in [0.717, 1.165) is 16.9 Å². The van der Waals surface area contributed by atoms with Crippen molar-refractivity contribution in [1.29, 1.82) is 0 Å². The van der Waals surface area contributed by atoms with E-state index in [-0.39, 0.29) is 11.7 Å². The van der Waals surface area contributed by atoms with Crippen LogP contribution in [-0.4, -0.2) is 26.7 Å². The summed E-state index contributed by atoms with van der Waals surface area (Å²) in [7, 11) is 0. The first-order valence-electron chi connectivity index (χ1n) is 9.40. The molecule has 0 bridgehead atoms. The lowest BCUT2D eigenvalue weighted by Gasteiger charge is -2.22. The monoisotopic (exact) mass is 413 g/mol. The number of para-hydroxylation sites is 1.